The molecule has 0 aliphatic rings. The van der Waals surface area contributed by atoms with Gasteiger partial charge in [-0.05, 0) is 13.8 Å². The van der Waals surface area contributed by atoms with Crippen LogP contribution in [0.25, 0.3) is 0 Å². The van der Waals surface area contributed by atoms with Gasteiger partial charge in [0, 0.05) is 18.0 Å². The van der Waals surface area contributed by atoms with Crippen LogP contribution in [0.5, 0.6) is 0 Å². The van der Waals surface area contributed by atoms with E-state index in [9.17, 15) is 9.59 Å². The molecule has 0 aliphatic heterocycles. The van der Waals surface area contributed by atoms with Crippen molar-refractivity contribution in [2.24, 2.45) is 0 Å². The van der Waals surface area contributed by atoms with Gasteiger partial charge in [-0.25, -0.2) is 4.98 Å². The molecule has 17 heavy (non-hydrogen) atoms. The van der Waals surface area contributed by atoms with Gasteiger partial charge in [-0.2, -0.15) is 0 Å². The van der Waals surface area contributed by atoms with Crippen molar-refractivity contribution in [3.63, 3.8) is 0 Å². The number of aromatic amines is 1. The highest BCUT2D eigenvalue weighted by Gasteiger charge is 2.22. The fourth-order valence-electron chi connectivity index (χ4n) is 1.51. The Morgan fingerprint density at radius 3 is 2.76 bits per heavy atom. The van der Waals surface area contributed by atoms with Crippen LogP contribution in [0.3, 0.4) is 0 Å². The lowest BCUT2D eigenvalue weighted by Gasteiger charge is -2.24. The van der Waals surface area contributed by atoms with Crippen molar-refractivity contribution in [2.45, 2.75) is 39.2 Å². The molecule has 0 atom stereocenters. The second-order valence-corrected chi connectivity index (χ2v) is 4.51. The number of carboxylic acids is 1. The molecule has 1 aromatic heterocycles. The van der Waals surface area contributed by atoms with Gasteiger partial charge in [0.25, 0.3) is 5.56 Å². The van der Waals surface area contributed by atoms with E-state index in [1.165, 1.54) is 6.07 Å². The van der Waals surface area contributed by atoms with Crippen molar-refractivity contribution in [1.82, 2.24) is 9.97 Å². The number of aryl methyl sites for hydroxylation is 1. The minimum atomic E-state index is -0.900. The molecule has 0 spiro atoms. The molecule has 0 aliphatic carbocycles. The van der Waals surface area contributed by atoms with Crippen molar-refractivity contribution in [1.29, 1.82) is 0 Å². The van der Waals surface area contributed by atoms with Crippen molar-refractivity contribution < 1.29 is 9.90 Å². The van der Waals surface area contributed by atoms with Gasteiger partial charge in [0.1, 0.15) is 11.6 Å². The van der Waals surface area contributed by atoms with Crippen LogP contribution in [0.15, 0.2) is 10.9 Å². The molecule has 0 radical (unpaired) electrons. The molecule has 1 rings (SSSR count). The first-order valence-electron chi connectivity index (χ1n) is 5.42. The van der Waals surface area contributed by atoms with Crippen LogP contribution < -0.4 is 10.9 Å². The van der Waals surface area contributed by atoms with Crippen molar-refractivity contribution in [3.05, 3.63) is 22.2 Å². The number of hydrogen-bond acceptors (Lipinski definition) is 4. The lowest BCUT2D eigenvalue weighted by Crippen LogP contribution is -2.34. The van der Waals surface area contributed by atoms with E-state index in [2.05, 4.69) is 15.3 Å². The summed E-state index contributed by atoms with van der Waals surface area (Å²) in [4.78, 5) is 28.8. The third-order valence-electron chi connectivity index (χ3n) is 2.19. The summed E-state index contributed by atoms with van der Waals surface area (Å²) < 4.78 is 0. The SMILES string of the molecule is CCc1nc(NC(C)(C)CC(=O)O)cc(=O)[nH]1. The Labute approximate surface area is 99.1 Å². The van der Waals surface area contributed by atoms with Crippen LogP contribution in [0.4, 0.5) is 5.82 Å². The summed E-state index contributed by atoms with van der Waals surface area (Å²) in [6, 6.07) is 1.32. The first kappa shape index (κ1) is 13.2. The number of aromatic nitrogens is 2. The van der Waals surface area contributed by atoms with Gasteiger partial charge >= 0.3 is 5.97 Å². The molecule has 0 saturated carbocycles. The van der Waals surface area contributed by atoms with Gasteiger partial charge in [0.05, 0.1) is 6.42 Å². The van der Waals surface area contributed by atoms with E-state index in [-0.39, 0.29) is 12.0 Å². The minimum absolute atomic E-state index is 0.0526. The Hall–Kier alpha value is -1.85. The molecular weight excluding hydrogens is 222 g/mol. The third-order valence-corrected chi connectivity index (χ3v) is 2.19. The zero-order valence-electron chi connectivity index (χ0n) is 10.2. The summed E-state index contributed by atoms with van der Waals surface area (Å²) in [5, 5.41) is 11.7. The molecular formula is C11H17N3O3. The predicted molar refractivity (Wildman–Crippen MR) is 64.2 cm³/mol. The molecule has 6 nitrogen and oxygen atoms in total. The highest BCUT2D eigenvalue weighted by molar-refractivity contribution is 5.69. The molecule has 0 unspecified atom stereocenters. The monoisotopic (exact) mass is 239 g/mol. The maximum absolute atomic E-state index is 11.3. The molecule has 3 N–H and O–H groups in total. The first-order chi connectivity index (χ1) is 7.82. The molecule has 94 valence electrons. The van der Waals surface area contributed by atoms with E-state index < -0.39 is 11.5 Å². The van der Waals surface area contributed by atoms with Gasteiger partial charge in [0.2, 0.25) is 0 Å². The van der Waals surface area contributed by atoms with Crippen LogP contribution in [-0.2, 0) is 11.2 Å². The van der Waals surface area contributed by atoms with Crippen LogP contribution in [0.1, 0.15) is 33.0 Å². The van der Waals surface area contributed by atoms with E-state index in [0.717, 1.165) is 0 Å². The third kappa shape index (κ3) is 4.26. The van der Waals surface area contributed by atoms with Gasteiger partial charge < -0.3 is 15.4 Å². The van der Waals surface area contributed by atoms with E-state index >= 15 is 0 Å². The quantitative estimate of drug-likeness (QED) is 0.712. The summed E-state index contributed by atoms with van der Waals surface area (Å²) in [5.74, 6) is 0.0750. The Kier molecular flexibility index (Phi) is 3.88. The number of H-pyrrole nitrogens is 1. The predicted octanol–water partition coefficient (Wildman–Crippen LogP) is 0.997. The van der Waals surface area contributed by atoms with Gasteiger partial charge in [-0.15, -0.1) is 0 Å². The average molecular weight is 239 g/mol. The molecule has 0 saturated heterocycles. The van der Waals surface area contributed by atoms with Gasteiger partial charge in [-0.3, -0.25) is 9.59 Å². The fraction of sp³-hybridized carbons (Fsp3) is 0.545. The van der Waals surface area contributed by atoms with Crippen LogP contribution in [0.2, 0.25) is 0 Å². The molecule has 0 aromatic carbocycles. The summed E-state index contributed by atoms with van der Waals surface area (Å²) in [6.45, 7) is 5.37. The zero-order valence-corrected chi connectivity index (χ0v) is 10.2. The second-order valence-electron chi connectivity index (χ2n) is 4.51. The number of nitrogens with zero attached hydrogens (tertiary/aromatic N) is 1. The highest BCUT2D eigenvalue weighted by Crippen LogP contribution is 2.15. The standard InChI is InChI=1S/C11H17N3O3/c1-4-7-12-8(5-9(15)13-7)14-11(2,3)6-10(16)17/h5H,4,6H2,1-3H3,(H,16,17)(H2,12,13,14,15). The number of nitrogens with one attached hydrogen (secondary N) is 2. The van der Waals surface area contributed by atoms with Crippen LogP contribution in [-0.4, -0.2) is 26.6 Å². The molecule has 1 aromatic rings. The number of anilines is 1. The Bertz CT molecular complexity index is 465. The largest absolute Gasteiger partial charge is 0.481 e. The average Bonchev–Trinajstić information content (AvgIpc) is 2.13. The molecule has 0 fully saturated rings. The minimum Gasteiger partial charge on any atom is -0.481 e. The summed E-state index contributed by atoms with van der Waals surface area (Å²) >= 11 is 0. The number of carboxylic acid groups (broad SMARTS) is 1. The zero-order chi connectivity index (χ0) is 13.1. The molecule has 1 heterocycles. The van der Waals surface area contributed by atoms with Crippen LogP contribution in [0, 0.1) is 0 Å². The van der Waals surface area contributed by atoms with Crippen molar-refractivity contribution in [3.8, 4) is 0 Å². The van der Waals surface area contributed by atoms with E-state index in [0.29, 0.717) is 18.1 Å². The Morgan fingerprint density at radius 1 is 1.59 bits per heavy atom. The Balaban J connectivity index is 2.91. The second kappa shape index (κ2) is 4.99. The van der Waals surface area contributed by atoms with E-state index in [4.69, 9.17) is 5.11 Å². The number of aliphatic carboxylic acids is 1. The summed E-state index contributed by atoms with van der Waals surface area (Å²) in [7, 11) is 0. The highest BCUT2D eigenvalue weighted by atomic mass is 16.4. The molecule has 0 bridgehead atoms. The summed E-state index contributed by atoms with van der Waals surface area (Å²) in [6.07, 6.45) is 0.563. The topological polar surface area (TPSA) is 95.1 Å². The van der Waals surface area contributed by atoms with E-state index in [1.54, 1.807) is 13.8 Å². The summed E-state index contributed by atoms with van der Waals surface area (Å²) in [5.41, 5.74) is -0.900. The lowest BCUT2D eigenvalue weighted by molar-refractivity contribution is -0.137. The van der Waals surface area contributed by atoms with Crippen molar-refractivity contribution >= 4 is 11.8 Å². The number of rotatable bonds is 5. The van der Waals surface area contributed by atoms with Crippen LogP contribution >= 0.6 is 0 Å². The number of hydrogen-bond donors (Lipinski definition) is 3. The smallest absolute Gasteiger partial charge is 0.305 e. The molecule has 6 heteroatoms. The maximum atomic E-state index is 11.3. The maximum Gasteiger partial charge on any atom is 0.305 e. The number of carbonyl (C=O) groups is 1. The lowest BCUT2D eigenvalue weighted by atomic mass is 10.0. The van der Waals surface area contributed by atoms with Crippen molar-refractivity contribution in [2.75, 3.05) is 5.32 Å². The first-order valence-corrected chi connectivity index (χ1v) is 5.42. The molecule has 0 amide bonds. The van der Waals surface area contributed by atoms with E-state index in [1.807, 2.05) is 6.92 Å². The fourth-order valence-corrected chi connectivity index (χ4v) is 1.51. The van der Waals surface area contributed by atoms with Gasteiger partial charge in [0.15, 0.2) is 0 Å². The Morgan fingerprint density at radius 2 is 2.24 bits per heavy atom. The normalized spacial score (nSPS) is 11.2. The van der Waals surface area contributed by atoms with Gasteiger partial charge in [-0.1, -0.05) is 6.92 Å².